The number of amides is 1. The van der Waals surface area contributed by atoms with Gasteiger partial charge in [0.15, 0.2) is 10.8 Å². The number of pyridine rings is 1. The summed E-state index contributed by atoms with van der Waals surface area (Å²) < 4.78 is 1.70. The van der Waals surface area contributed by atoms with Crippen LogP contribution in [0.15, 0.2) is 24.4 Å². The number of imidazole rings is 1. The highest BCUT2D eigenvalue weighted by molar-refractivity contribution is 6.32. The molecule has 1 saturated carbocycles. The van der Waals surface area contributed by atoms with E-state index in [1.807, 2.05) is 18.2 Å². The Hall–Kier alpha value is -1.59. The Morgan fingerprint density at radius 3 is 3.00 bits per heavy atom. The number of halogens is 1. The van der Waals surface area contributed by atoms with Crippen molar-refractivity contribution in [2.75, 3.05) is 6.61 Å². The highest BCUT2D eigenvalue weighted by atomic mass is 35.5. The third-order valence-corrected chi connectivity index (χ3v) is 4.68. The molecular formula is C16H20ClN3O2. The molecule has 0 aromatic carbocycles. The van der Waals surface area contributed by atoms with Crippen LogP contribution in [0, 0.1) is 5.92 Å². The van der Waals surface area contributed by atoms with Gasteiger partial charge in [0.05, 0.1) is 0 Å². The quantitative estimate of drug-likeness (QED) is 0.854. The molecule has 0 saturated heterocycles. The SMILES string of the molecule is O=C(NC1CCCCCC1CO)c1c(Cl)nc2ccccn12. The number of aliphatic hydroxyl groups is 1. The van der Waals surface area contributed by atoms with Crippen molar-refractivity contribution in [3.63, 3.8) is 0 Å². The molecule has 2 N–H and O–H groups in total. The van der Waals surface area contributed by atoms with Crippen LogP contribution in [-0.2, 0) is 0 Å². The zero-order chi connectivity index (χ0) is 15.5. The molecule has 2 aromatic rings. The van der Waals surface area contributed by atoms with Crippen molar-refractivity contribution >= 4 is 23.2 Å². The number of nitrogens with zero attached hydrogens (tertiary/aromatic N) is 2. The normalized spacial score (nSPS) is 22.5. The second-order valence-electron chi connectivity index (χ2n) is 5.84. The van der Waals surface area contributed by atoms with E-state index in [1.165, 1.54) is 0 Å². The minimum atomic E-state index is -0.228. The van der Waals surface area contributed by atoms with Gasteiger partial charge in [0.1, 0.15) is 5.65 Å². The van der Waals surface area contributed by atoms with Gasteiger partial charge in [-0.1, -0.05) is 36.9 Å². The summed E-state index contributed by atoms with van der Waals surface area (Å²) in [5.41, 5.74) is 1.01. The second-order valence-corrected chi connectivity index (χ2v) is 6.20. The van der Waals surface area contributed by atoms with E-state index in [9.17, 15) is 9.90 Å². The summed E-state index contributed by atoms with van der Waals surface area (Å²) in [5.74, 6) is -0.113. The Bertz CT molecular complexity index is 670. The fourth-order valence-electron chi connectivity index (χ4n) is 3.20. The minimum Gasteiger partial charge on any atom is -0.396 e. The summed E-state index contributed by atoms with van der Waals surface area (Å²) in [6, 6.07) is 5.49. The van der Waals surface area contributed by atoms with E-state index in [0.29, 0.717) is 11.3 Å². The van der Waals surface area contributed by atoms with Crippen LogP contribution >= 0.6 is 11.6 Å². The Morgan fingerprint density at radius 2 is 2.18 bits per heavy atom. The number of aliphatic hydroxyl groups excluding tert-OH is 1. The first kappa shape index (κ1) is 15.3. The van der Waals surface area contributed by atoms with Crippen LogP contribution in [0.5, 0.6) is 0 Å². The van der Waals surface area contributed by atoms with Crippen LogP contribution in [0.4, 0.5) is 0 Å². The molecule has 3 rings (SSSR count). The molecule has 2 unspecified atom stereocenters. The van der Waals surface area contributed by atoms with Crippen molar-refractivity contribution in [1.29, 1.82) is 0 Å². The van der Waals surface area contributed by atoms with Gasteiger partial charge in [0.25, 0.3) is 5.91 Å². The van der Waals surface area contributed by atoms with Crippen molar-refractivity contribution in [2.24, 2.45) is 5.92 Å². The maximum atomic E-state index is 12.6. The number of rotatable bonds is 3. The lowest BCUT2D eigenvalue weighted by Gasteiger charge is -2.24. The van der Waals surface area contributed by atoms with Crippen molar-refractivity contribution in [3.05, 3.63) is 35.2 Å². The summed E-state index contributed by atoms with van der Waals surface area (Å²) in [7, 11) is 0. The number of nitrogens with one attached hydrogen (secondary N) is 1. The standard InChI is InChI=1S/C16H20ClN3O2/c17-15-14(20-9-5-4-8-13(20)19-15)16(22)18-12-7-3-1-2-6-11(12)10-21/h4-5,8-9,11-12,21H,1-3,6-7,10H2,(H,18,22). The van der Waals surface area contributed by atoms with Gasteiger partial charge < -0.3 is 10.4 Å². The van der Waals surface area contributed by atoms with Gasteiger partial charge in [0, 0.05) is 24.8 Å². The van der Waals surface area contributed by atoms with Crippen molar-refractivity contribution in [2.45, 2.75) is 38.1 Å². The Kier molecular flexibility index (Phi) is 4.64. The minimum absolute atomic E-state index is 0.00895. The molecule has 2 heterocycles. The molecular weight excluding hydrogens is 302 g/mol. The van der Waals surface area contributed by atoms with Crippen LogP contribution in [0.2, 0.25) is 5.15 Å². The van der Waals surface area contributed by atoms with Crippen LogP contribution in [0.3, 0.4) is 0 Å². The number of carbonyl (C=O) groups is 1. The van der Waals surface area contributed by atoms with Crippen molar-refractivity contribution in [1.82, 2.24) is 14.7 Å². The lowest BCUT2D eigenvalue weighted by Crippen LogP contribution is -2.41. The van der Waals surface area contributed by atoms with E-state index in [2.05, 4.69) is 10.3 Å². The van der Waals surface area contributed by atoms with Crippen molar-refractivity contribution < 1.29 is 9.90 Å². The highest BCUT2D eigenvalue weighted by Crippen LogP contribution is 2.24. The van der Waals surface area contributed by atoms with Crippen LogP contribution < -0.4 is 5.32 Å². The predicted octanol–water partition coefficient (Wildman–Crippen LogP) is 2.66. The number of aromatic nitrogens is 2. The molecule has 1 aliphatic rings. The van der Waals surface area contributed by atoms with Crippen LogP contribution in [-0.4, -0.2) is 33.0 Å². The third kappa shape index (κ3) is 2.96. The van der Waals surface area contributed by atoms with Gasteiger partial charge in [-0.25, -0.2) is 4.98 Å². The summed E-state index contributed by atoms with van der Waals surface area (Å²) in [4.78, 5) is 16.8. The van der Waals surface area contributed by atoms with Crippen LogP contribution in [0.1, 0.15) is 42.6 Å². The Labute approximate surface area is 134 Å². The topological polar surface area (TPSA) is 66.6 Å². The lowest BCUT2D eigenvalue weighted by molar-refractivity contribution is 0.0893. The Morgan fingerprint density at radius 1 is 1.36 bits per heavy atom. The zero-order valence-electron chi connectivity index (χ0n) is 12.3. The van der Waals surface area contributed by atoms with E-state index in [-0.39, 0.29) is 29.6 Å². The van der Waals surface area contributed by atoms with Gasteiger partial charge in [-0.2, -0.15) is 0 Å². The first-order chi connectivity index (χ1) is 10.7. The smallest absolute Gasteiger partial charge is 0.271 e. The molecule has 1 aliphatic carbocycles. The number of carbonyl (C=O) groups excluding carboxylic acids is 1. The average Bonchev–Trinajstić information content (AvgIpc) is 2.69. The van der Waals surface area contributed by atoms with E-state index in [4.69, 9.17) is 11.6 Å². The number of hydrogen-bond acceptors (Lipinski definition) is 3. The lowest BCUT2D eigenvalue weighted by atomic mass is 9.95. The molecule has 0 bridgehead atoms. The van der Waals surface area contributed by atoms with Gasteiger partial charge >= 0.3 is 0 Å². The van der Waals surface area contributed by atoms with Gasteiger partial charge in [0.2, 0.25) is 0 Å². The molecule has 2 atom stereocenters. The molecule has 1 amide bonds. The molecule has 22 heavy (non-hydrogen) atoms. The molecule has 0 spiro atoms. The third-order valence-electron chi connectivity index (χ3n) is 4.41. The van der Waals surface area contributed by atoms with E-state index < -0.39 is 0 Å². The fraction of sp³-hybridized carbons (Fsp3) is 0.500. The van der Waals surface area contributed by atoms with E-state index in [1.54, 1.807) is 10.6 Å². The average molecular weight is 322 g/mol. The largest absolute Gasteiger partial charge is 0.396 e. The molecule has 2 aromatic heterocycles. The van der Waals surface area contributed by atoms with Gasteiger partial charge in [-0.3, -0.25) is 9.20 Å². The first-order valence-corrected chi connectivity index (χ1v) is 8.13. The summed E-state index contributed by atoms with van der Waals surface area (Å²) >= 11 is 6.14. The summed E-state index contributed by atoms with van der Waals surface area (Å²) in [6.45, 7) is 0.103. The van der Waals surface area contributed by atoms with Gasteiger partial charge in [-0.15, -0.1) is 0 Å². The maximum Gasteiger partial charge on any atom is 0.271 e. The molecule has 6 heteroatoms. The summed E-state index contributed by atoms with van der Waals surface area (Å²) in [5, 5.41) is 12.8. The van der Waals surface area contributed by atoms with Gasteiger partial charge in [-0.05, 0) is 25.0 Å². The molecule has 0 aliphatic heterocycles. The Balaban J connectivity index is 1.84. The monoisotopic (exact) mass is 321 g/mol. The molecule has 118 valence electrons. The zero-order valence-corrected chi connectivity index (χ0v) is 13.1. The first-order valence-electron chi connectivity index (χ1n) is 7.75. The van der Waals surface area contributed by atoms with E-state index >= 15 is 0 Å². The summed E-state index contributed by atoms with van der Waals surface area (Å²) in [6.07, 6.45) is 6.95. The highest BCUT2D eigenvalue weighted by Gasteiger charge is 2.27. The van der Waals surface area contributed by atoms with E-state index in [0.717, 1.165) is 32.1 Å². The fourth-order valence-corrected chi connectivity index (χ4v) is 3.46. The second kappa shape index (κ2) is 6.67. The molecule has 5 nitrogen and oxygen atoms in total. The molecule has 1 fully saturated rings. The molecule has 0 radical (unpaired) electrons. The van der Waals surface area contributed by atoms with Crippen LogP contribution in [0.25, 0.3) is 5.65 Å². The number of fused-ring (bicyclic) bond motifs is 1. The van der Waals surface area contributed by atoms with Crippen molar-refractivity contribution in [3.8, 4) is 0 Å². The maximum absolute atomic E-state index is 12.6. The predicted molar refractivity (Wildman–Crippen MR) is 85.1 cm³/mol. The number of hydrogen-bond donors (Lipinski definition) is 2.